The fourth-order valence-corrected chi connectivity index (χ4v) is 6.56. The molecular weight excluding hydrogens is 590 g/mol. The molecule has 12 heteroatoms. The van der Waals surface area contributed by atoms with Crippen molar-refractivity contribution in [1.29, 1.82) is 0 Å². The number of amides is 3. The maximum atomic E-state index is 12.4. The molecule has 3 fully saturated rings. The fourth-order valence-electron chi connectivity index (χ4n) is 5.71. The topological polar surface area (TPSA) is 127 Å². The quantitative estimate of drug-likeness (QED) is 0.228. The van der Waals surface area contributed by atoms with Crippen LogP contribution in [0.5, 0.6) is 11.5 Å². The third-order valence-corrected chi connectivity index (χ3v) is 9.86. The van der Waals surface area contributed by atoms with Gasteiger partial charge in [0.05, 0.1) is 0 Å². The summed E-state index contributed by atoms with van der Waals surface area (Å²) in [5.41, 5.74) is 2.63. The molecule has 2 aromatic heterocycles. The maximum absolute atomic E-state index is 12.4. The largest absolute Gasteiger partial charge is 0.457 e. The number of hydrogen-bond donors (Lipinski definition) is 1. The minimum absolute atomic E-state index is 0.0283. The first-order valence-corrected chi connectivity index (χ1v) is 16.6. The summed E-state index contributed by atoms with van der Waals surface area (Å²) in [6.07, 6.45) is 5.16. The average Bonchev–Trinajstić information content (AvgIpc) is 3.40. The van der Waals surface area contributed by atoms with Gasteiger partial charge in [0.15, 0.2) is 0 Å². The lowest BCUT2D eigenvalue weighted by atomic mass is 9.97. The van der Waals surface area contributed by atoms with E-state index in [1.165, 1.54) is 0 Å². The molecule has 1 N–H and O–H groups in total. The number of nitrogens with zero attached hydrogens (tertiary/aromatic N) is 6. The molecule has 2 aromatic carbocycles. The van der Waals surface area contributed by atoms with Gasteiger partial charge >= 0.3 is 6.03 Å². The van der Waals surface area contributed by atoms with Gasteiger partial charge in [0.1, 0.15) is 21.5 Å². The Labute approximate surface area is 266 Å². The number of piperidine rings is 1. The maximum Gasteiger partial charge on any atom is 0.317 e. The van der Waals surface area contributed by atoms with Gasteiger partial charge in [0.2, 0.25) is 17.7 Å². The van der Waals surface area contributed by atoms with E-state index >= 15 is 0 Å². The van der Waals surface area contributed by atoms with Crippen LogP contribution in [0, 0.1) is 0 Å². The Morgan fingerprint density at radius 2 is 1.78 bits per heavy atom. The number of hydrogen-bond acceptors (Lipinski definition) is 9. The zero-order valence-electron chi connectivity index (χ0n) is 25.6. The van der Waals surface area contributed by atoms with Gasteiger partial charge < -0.3 is 24.3 Å². The van der Waals surface area contributed by atoms with E-state index in [2.05, 4.69) is 39.6 Å². The van der Waals surface area contributed by atoms with Gasteiger partial charge in [-0.15, -0.1) is 20.4 Å². The van der Waals surface area contributed by atoms with E-state index in [0.717, 1.165) is 65.4 Å². The number of nitrogens with one attached hydrogen (secondary N) is 1. The van der Waals surface area contributed by atoms with Crippen molar-refractivity contribution in [3.8, 4) is 33.5 Å². The van der Waals surface area contributed by atoms with Crippen molar-refractivity contribution in [2.75, 3.05) is 19.6 Å². The summed E-state index contributed by atoms with van der Waals surface area (Å²) < 4.78 is 12.6. The van der Waals surface area contributed by atoms with E-state index in [9.17, 15) is 9.59 Å². The molecule has 3 amide bonds. The minimum Gasteiger partial charge on any atom is -0.457 e. The minimum atomic E-state index is 0.0283. The van der Waals surface area contributed by atoms with Crippen molar-refractivity contribution in [2.45, 2.75) is 76.8 Å². The summed E-state index contributed by atoms with van der Waals surface area (Å²) in [6.45, 7) is 6.76. The standard InChI is InChI=1S/C33H37N7O4S/c1-20(2)31-37-38-32(45-31)22-7-11-26(12-8-22)43-27-18-23(5-6-24(27)19-40-15-3-4-28(40)41)30-36-35-29(44-30)21-13-16-39(17-14-21)33(42)34-25-9-10-25/h5-8,11-12,18,20-21,25H,3-4,9-10,13-17,19H2,1-2H3,(H,34,42). The molecule has 3 aliphatic rings. The molecule has 0 radical (unpaired) electrons. The molecule has 11 nitrogen and oxygen atoms in total. The van der Waals surface area contributed by atoms with E-state index in [1.54, 1.807) is 11.3 Å². The Kier molecular flexibility index (Phi) is 8.22. The first kappa shape index (κ1) is 29.4. The lowest BCUT2D eigenvalue weighted by Gasteiger charge is -2.30. The molecule has 1 saturated carbocycles. The number of carbonyl (C=O) groups is 2. The first-order chi connectivity index (χ1) is 21.9. The highest BCUT2D eigenvalue weighted by atomic mass is 32.1. The Morgan fingerprint density at radius 3 is 2.47 bits per heavy atom. The molecule has 4 heterocycles. The second kappa shape index (κ2) is 12.6. The van der Waals surface area contributed by atoms with Crippen LogP contribution in [0.3, 0.4) is 0 Å². The third kappa shape index (κ3) is 6.70. The monoisotopic (exact) mass is 627 g/mol. The van der Waals surface area contributed by atoms with Gasteiger partial charge in [0.25, 0.3) is 0 Å². The van der Waals surface area contributed by atoms with Crippen LogP contribution in [-0.4, -0.2) is 67.8 Å². The molecule has 4 aromatic rings. The van der Waals surface area contributed by atoms with E-state index < -0.39 is 0 Å². The smallest absolute Gasteiger partial charge is 0.317 e. The van der Waals surface area contributed by atoms with Crippen LogP contribution in [0.15, 0.2) is 46.9 Å². The van der Waals surface area contributed by atoms with Crippen molar-refractivity contribution >= 4 is 23.3 Å². The number of likely N-dealkylation sites (tertiary alicyclic amines) is 2. The summed E-state index contributed by atoms with van der Waals surface area (Å²) in [6, 6.07) is 14.0. The van der Waals surface area contributed by atoms with Gasteiger partial charge in [-0.2, -0.15) is 0 Å². The van der Waals surface area contributed by atoms with E-state index in [0.29, 0.717) is 61.3 Å². The van der Waals surface area contributed by atoms with Gasteiger partial charge in [-0.1, -0.05) is 31.3 Å². The first-order valence-electron chi connectivity index (χ1n) is 15.8. The summed E-state index contributed by atoms with van der Waals surface area (Å²) >= 11 is 1.60. The average molecular weight is 628 g/mol. The van der Waals surface area contributed by atoms with Crippen molar-refractivity contribution in [3.05, 3.63) is 58.9 Å². The lowest BCUT2D eigenvalue weighted by molar-refractivity contribution is -0.128. The second-order valence-electron chi connectivity index (χ2n) is 12.4. The van der Waals surface area contributed by atoms with Crippen molar-refractivity contribution in [2.24, 2.45) is 0 Å². The van der Waals surface area contributed by atoms with Crippen molar-refractivity contribution < 1.29 is 18.7 Å². The number of urea groups is 1. The molecule has 0 bridgehead atoms. The van der Waals surface area contributed by atoms with Crippen molar-refractivity contribution in [1.82, 2.24) is 35.5 Å². The number of benzene rings is 2. The number of rotatable bonds is 9. The van der Waals surface area contributed by atoms with E-state index in [-0.39, 0.29) is 17.9 Å². The fraction of sp³-hybridized carbons (Fsp3) is 0.455. The van der Waals surface area contributed by atoms with Crippen LogP contribution in [0.25, 0.3) is 22.0 Å². The summed E-state index contributed by atoms with van der Waals surface area (Å²) in [7, 11) is 0. The van der Waals surface area contributed by atoms with Gasteiger partial charge in [0, 0.05) is 67.2 Å². The van der Waals surface area contributed by atoms with Gasteiger partial charge in [-0.3, -0.25) is 4.79 Å². The van der Waals surface area contributed by atoms with Crippen LogP contribution in [0.1, 0.15) is 80.7 Å². The van der Waals surface area contributed by atoms with E-state index in [4.69, 9.17) is 9.15 Å². The highest BCUT2D eigenvalue weighted by molar-refractivity contribution is 7.14. The molecule has 45 heavy (non-hydrogen) atoms. The van der Waals surface area contributed by atoms with Crippen molar-refractivity contribution in [3.63, 3.8) is 0 Å². The Hall–Kier alpha value is -4.32. The summed E-state index contributed by atoms with van der Waals surface area (Å²) in [5.74, 6) is 2.91. The molecule has 1 aliphatic carbocycles. The van der Waals surface area contributed by atoms with Crippen LogP contribution < -0.4 is 10.1 Å². The molecular formula is C33H37N7O4S. The highest BCUT2D eigenvalue weighted by Crippen LogP contribution is 2.35. The highest BCUT2D eigenvalue weighted by Gasteiger charge is 2.31. The second-order valence-corrected chi connectivity index (χ2v) is 13.4. The lowest BCUT2D eigenvalue weighted by Crippen LogP contribution is -2.44. The predicted octanol–water partition coefficient (Wildman–Crippen LogP) is 6.34. The Morgan fingerprint density at radius 1 is 1.00 bits per heavy atom. The molecule has 7 rings (SSSR count). The Balaban J connectivity index is 1.08. The van der Waals surface area contributed by atoms with Gasteiger partial charge in [-0.25, -0.2) is 4.79 Å². The zero-order valence-corrected chi connectivity index (χ0v) is 26.4. The molecule has 0 unspecified atom stereocenters. The number of carbonyl (C=O) groups excluding carboxylic acids is 2. The third-order valence-electron chi connectivity index (χ3n) is 8.59. The van der Waals surface area contributed by atoms with Crippen LogP contribution in [0.4, 0.5) is 4.79 Å². The molecule has 234 valence electrons. The molecule has 0 spiro atoms. The van der Waals surface area contributed by atoms with Crippen LogP contribution in [0.2, 0.25) is 0 Å². The normalized spacial score (nSPS) is 17.4. The molecule has 2 aliphatic heterocycles. The summed E-state index contributed by atoms with van der Waals surface area (Å²) in [5, 5.41) is 22.4. The SMILES string of the molecule is CC(C)c1nnc(-c2ccc(Oc3cc(-c4nnc(C5CCN(C(=O)NC6CC6)CC5)o4)ccc3CN3CCCC3=O)cc2)s1. The van der Waals surface area contributed by atoms with Crippen LogP contribution >= 0.6 is 11.3 Å². The molecule has 0 atom stereocenters. The predicted molar refractivity (Wildman–Crippen MR) is 169 cm³/mol. The zero-order chi connectivity index (χ0) is 30.9. The van der Waals surface area contributed by atoms with Crippen LogP contribution in [-0.2, 0) is 11.3 Å². The summed E-state index contributed by atoms with van der Waals surface area (Å²) in [4.78, 5) is 28.6. The number of ether oxygens (including phenoxy) is 1. The Bertz CT molecular complexity index is 1670. The van der Waals surface area contributed by atoms with E-state index in [1.807, 2.05) is 52.3 Å². The van der Waals surface area contributed by atoms with Gasteiger partial charge in [-0.05, 0) is 68.5 Å². The molecule has 2 saturated heterocycles. The number of aromatic nitrogens is 4.